The van der Waals surface area contributed by atoms with Crippen LogP contribution < -0.4 is 0 Å². The second kappa shape index (κ2) is 7.36. The zero-order valence-corrected chi connectivity index (χ0v) is 20.0. The van der Waals surface area contributed by atoms with Crippen LogP contribution in [0.25, 0.3) is 11.1 Å². The molecule has 0 aromatic heterocycles. The van der Waals surface area contributed by atoms with Crippen LogP contribution >= 0.6 is 0 Å². The molecule has 6 rings (SSSR count). The molecule has 0 amide bonds. The van der Waals surface area contributed by atoms with Crippen LogP contribution in [-0.4, -0.2) is 11.6 Å². The van der Waals surface area contributed by atoms with Gasteiger partial charge in [-0.3, -0.25) is 9.59 Å². The summed E-state index contributed by atoms with van der Waals surface area (Å²) in [4.78, 5) is 27.8. The predicted octanol–water partition coefficient (Wildman–Crippen LogP) is 7.11. The molecule has 2 aliphatic rings. The highest BCUT2D eigenvalue weighted by atomic mass is 16.1. The molecule has 0 N–H and O–H groups in total. The third kappa shape index (κ3) is 2.69. The average Bonchev–Trinajstić information content (AvgIpc) is 2.85. The SMILES string of the molecule is Cc1c(C)c(-c2cccc3c2C(=O)c2ccccc2C3)c2c(c1C)C(C)c1ccccc1C2=O. The summed E-state index contributed by atoms with van der Waals surface area (Å²) in [7, 11) is 0. The van der Waals surface area contributed by atoms with E-state index in [-0.39, 0.29) is 17.5 Å². The summed E-state index contributed by atoms with van der Waals surface area (Å²) < 4.78 is 0. The maximum absolute atomic E-state index is 14.0. The van der Waals surface area contributed by atoms with Gasteiger partial charge in [-0.15, -0.1) is 0 Å². The number of carbonyl (C=O) groups excluding carboxylic acids is 2. The van der Waals surface area contributed by atoms with Crippen molar-refractivity contribution in [1.82, 2.24) is 0 Å². The van der Waals surface area contributed by atoms with E-state index in [4.69, 9.17) is 0 Å². The fraction of sp³-hybridized carbons (Fsp3) is 0.188. The third-order valence-corrected chi connectivity index (χ3v) is 8.05. The topological polar surface area (TPSA) is 34.1 Å². The zero-order chi connectivity index (χ0) is 23.7. The van der Waals surface area contributed by atoms with Crippen LogP contribution in [-0.2, 0) is 6.42 Å². The second-order valence-corrected chi connectivity index (χ2v) is 9.68. The van der Waals surface area contributed by atoms with Crippen molar-refractivity contribution in [2.24, 2.45) is 0 Å². The van der Waals surface area contributed by atoms with Gasteiger partial charge in [0.25, 0.3) is 0 Å². The minimum Gasteiger partial charge on any atom is -0.289 e. The van der Waals surface area contributed by atoms with Crippen molar-refractivity contribution in [3.8, 4) is 11.1 Å². The molecule has 4 aromatic rings. The standard InChI is InChI=1S/C32H26O2/c1-17-18(2)27-20(4)23-12-7-8-14-25(23)32(34)30(27)28(19(17)3)26-15-9-11-22-16-21-10-5-6-13-24(21)31(33)29(22)26/h5-15,20H,16H2,1-4H3. The van der Waals surface area contributed by atoms with Crippen molar-refractivity contribution < 1.29 is 9.59 Å². The Kier molecular flexibility index (Phi) is 4.50. The van der Waals surface area contributed by atoms with Gasteiger partial charge in [0.1, 0.15) is 0 Å². The Morgan fingerprint density at radius 1 is 0.588 bits per heavy atom. The summed E-state index contributed by atoms with van der Waals surface area (Å²) in [6, 6.07) is 21.9. The Labute approximate surface area is 200 Å². The molecule has 0 aliphatic heterocycles. The summed E-state index contributed by atoms with van der Waals surface area (Å²) in [5.74, 6) is 0.222. The Morgan fingerprint density at radius 2 is 1.21 bits per heavy atom. The first-order valence-electron chi connectivity index (χ1n) is 11.9. The van der Waals surface area contributed by atoms with Crippen molar-refractivity contribution in [2.75, 3.05) is 0 Å². The number of ketones is 2. The van der Waals surface area contributed by atoms with E-state index < -0.39 is 0 Å². The molecule has 166 valence electrons. The monoisotopic (exact) mass is 442 g/mol. The van der Waals surface area contributed by atoms with Crippen LogP contribution in [0.3, 0.4) is 0 Å². The molecule has 1 atom stereocenters. The Hall–Kier alpha value is -3.78. The summed E-state index contributed by atoms with van der Waals surface area (Å²) >= 11 is 0. The summed E-state index contributed by atoms with van der Waals surface area (Å²) in [5.41, 5.74) is 12.6. The lowest BCUT2D eigenvalue weighted by Gasteiger charge is -2.32. The molecule has 0 heterocycles. The highest BCUT2D eigenvalue weighted by Gasteiger charge is 2.36. The fourth-order valence-electron chi connectivity index (χ4n) is 6.13. The van der Waals surface area contributed by atoms with Gasteiger partial charge in [-0.25, -0.2) is 0 Å². The van der Waals surface area contributed by atoms with Crippen LogP contribution in [0.4, 0.5) is 0 Å². The van der Waals surface area contributed by atoms with Crippen LogP contribution in [0.2, 0.25) is 0 Å². The molecule has 4 aromatic carbocycles. The van der Waals surface area contributed by atoms with E-state index in [1.165, 1.54) is 11.1 Å². The summed E-state index contributed by atoms with van der Waals surface area (Å²) in [6.45, 7) is 8.55. The molecule has 0 saturated carbocycles. The van der Waals surface area contributed by atoms with Crippen LogP contribution in [0.5, 0.6) is 0 Å². The lowest BCUT2D eigenvalue weighted by Crippen LogP contribution is -2.23. The van der Waals surface area contributed by atoms with Crippen molar-refractivity contribution >= 4 is 11.6 Å². The van der Waals surface area contributed by atoms with E-state index in [1.807, 2.05) is 54.6 Å². The van der Waals surface area contributed by atoms with Gasteiger partial charge in [0.05, 0.1) is 0 Å². The van der Waals surface area contributed by atoms with E-state index in [0.29, 0.717) is 0 Å². The van der Waals surface area contributed by atoms with Crippen molar-refractivity contribution in [2.45, 2.75) is 40.0 Å². The van der Waals surface area contributed by atoms with Crippen molar-refractivity contribution in [3.63, 3.8) is 0 Å². The van der Waals surface area contributed by atoms with E-state index in [1.54, 1.807) is 0 Å². The molecule has 0 radical (unpaired) electrons. The van der Waals surface area contributed by atoms with Gasteiger partial charge in [-0.05, 0) is 77.3 Å². The number of hydrogen-bond donors (Lipinski definition) is 0. The lowest BCUT2D eigenvalue weighted by atomic mass is 9.70. The predicted molar refractivity (Wildman–Crippen MR) is 136 cm³/mol. The maximum Gasteiger partial charge on any atom is 0.194 e. The number of hydrogen-bond acceptors (Lipinski definition) is 2. The first kappa shape index (κ1) is 20.8. The van der Waals surface area contributed by atoms with Gasteiger partial charge < -0.3 is 0 Å². The smallest absolute Gasteiger partial charge is 0.194 e. The van der Waals surface area contributed by atoms with Gasteiger partial charge in [-0.1, -0.05) is 73.7 Å². The van der Waals surface area contributed by atoms with Crippen LogP contribution in [0.1, 0.15) is 83.6 Å². The molecule has 0 saturated heterocycles. The molecule has 1 unspecified atom stereocenters. The summed E-state index contributed by atoms with van der Waals surface area (Å²) in [6.07, 6.45) is 0.727. The van der Waals surface area contributed by atoms with E-state index >= 15 is 0 Å². The van der Waals surface area contributed by atoms with Gasteiger partial charge in [0, 0.05) is 28.2 Å². The van der Waals surface area contributed by atoms with Crippen LogP contribution in [0, 0.1) is 20.8 Å². The first-order valence-corrected chi connectivity index (χ1v) is 11.9. The molecule has 34 heavy (non-hydrogen) atoms. The zero-order valence-electron chi connectivity index (χ0n) is 20.0. The van der Waals surface area contributed by atoms with Gasteiger partial charge >= 0.3 is 0 Å². The first-order chi connectivity index (χ1) is 16.4. The molecular formula is C32H26O2. The second-order valence-electron chi connectivity index (χ2n) is 9.68. The Morgan fingerprint density at radius 3 is 2.00 bits per heavy atom. The number of fused-ring (bicyclic) bond motifs is 4. The molecule has 2 aliphatic carbocycles. The number of benzene rings is 4. The van der Waals surface area contributed by atoms with E-state index in [2.05, 4.69) is 39.8 Å². The Bertz CT molecular complexity index is 1550. The quantitative estimate of drug-likeness (QED) is 0.277. The molecule has 0 fully saturated rings. The number of carbonyl (C=O) groups is 2. The largest absolute Gasteiger partial charge is 0.289 e. The van der Waals surface area contributed by atoms with Gasteiger partial charge in [0.15, 0.2) is 11.6 Å². The lowest BCUT2D eigenvalue weighted by molar-refractivity contribution is 0.102. The average molecular weight is 443 g/mol. The van der Waals surface area contributed by atoms with Crippen LogP contribution in [0.15, 0.2) is 66.7 Å². The Balaban J connectivity index is 1.69. The molecule has 2 heteroatoms. The van der Waals surface area contributed by atoms with Crippen molar-refractivity contribution in [3.05, 3.63) is 128 Å². The third-order valence-electron chi connectivity index (χ3n) is 8.05. The maximum atomic E-state index is 14.0. The molecule has 0 spiro atoms. The summed E-state index contributed by atoms with van der Waals surface area (Å²) in [5, 5.41) is 0. The fourth-order valence-corrected chi connectivity index (χ4v) is 6.13. The van der Waals surface area contributed by atoms with Gasteiger partial charge in [-0.2, -0.15) is 0 Å². The van der Waals surface area contributed by atoms with E-state index in [9.17, 15) is 9.59 Å². The van der Waals surface area contributed by atoms with E-state index in [0.717, 1.165) is 67.6 Å². The number of rotatable bonds is 1. The highest BCUT2D eigenvalue weighted by Crippen LogP contribution is 2.47. The minimum absolute atomic E-state index is 0.0514. The van der Waals surface area contributed by atoms with Gasteiger partial charge in [0.2, 0.25) is 0 Å². The highest BCUT2D eigenvalue weighted by molar-refractivity contribution is 6.20. The molecule has 2 nitrogen and oxygen atoms in total. The molecular weight excluding hydrogens is 416 g/mol. The molecule has 0 bridgehead atoms. The van der Waals surface area contributed by atoms with Crippen molar-refractivity contribution in [1.29, 1.82) is 0 Å². The minimum atomic E-state index is 0.0514. The normalized spacial score (nSPS) is 15.9.